The summed E-state index contributed by atoms with van der Waals surface area (Å²) in [5, 5.41) is 0.571. The van der Waals surface area contributed by atoms with Crippen LogP contribution in [0.2, 0.25) is 5.02 Å². The number of nitrogens with zero attached hydrogens (tertiary/aromatic N) is 2. The molecule has 2 aliphatic rings. The third-order valence-corrected chi connectivity index (χ3v) is 5.26. The molecule has 2 atom stereocenters. The zero-order valence-electron chi connectivity index (χ0n) is 13.7. The largest absolute Gasteiger partial charge is 0.477 e. The van der Waals surface area contributed by atoms with E-state index in [-0.39, 0.29) is 17.2 Å². The van der Waals surface area contributed by atoms with Crippen LogP contribution >= 0.6 is 11.6 Å². The number of benzene rings is 1. The molecule has 1 aromatic heterocycles. The van der Waals surface area contributed by atoms with Gasteiger partial charge in [0.2, 0.25) is 5.88 Å². The number of likely N-dealkylation sites (tertiary alicyclic amines) is 1. The molecule has 5 nitrogen and oxygen atoms in total. The Bertz CT molecular complexity index is 770. The van der Waals surface area contributed by atoms with Crippen LogP contribution in [-0.2, 0) is 4.74 Å². The molecule has 2 aromatic rings. The van der Waals surface area contributed by atoms with Crippen LogP contribution in [0, 0.1) is 11.3 Å². The van der Waals surface area contributed by atoms with Crippen molar-refractivity contribution >= 4 is 17.5 Å². The minimum Gasteiger partial charge on any atom is -0.477 e. The highest BCUT2D eigenvalue weighted by atomic mass is 35.5. The number of carbonyl (C=O) groups is 1. The van der Waals surface area contributed by atoms with Crippen molar-refractivity contribution in [1.82, 2.24) is 9.88 Å². The van der Waals surface area contributed by atoms with Crippen LogP contribution in [0.4, 0.5) is 0 Å². The van der Waals surface area contributed by atoms with Gasteiger partial charge in [0, 0.05) is 41.9 Å². The van der Waals surface area contributed by atoms with Gasteiger partial charge in [-0.25, -0.2) is 4.98 Å². The molecule has 2 saturated heterocycles. The van der Waals surface area contributed by atoms with Gasteiger partial charge in [-0.1, -0.05) is 23.7 Å². The number of amides is 1. The van der Waals surface area contributed by atoms with E-state index in [0.717, 1.165) is 0 Å². The van der Waals surface area contributed by atoms with E-state index < -0.39 is 0 Å². The molecule has 0 radical (unpaired) electrons. The molecule has 0 N–H and O–H groups in total. The summed E-state index contributed by atoms with van der Waals surface area (Å²) in [6.45, 7) is 3.05. The number of pyridine rings is 1. The molecular formula is C19H19ClN2O3. The standard InChI is InChI=1S/C19H19ClN2O3/c20-16-5-3-4-14(8-16)18(23)22-9-15-10-24-12-19(15,11-22)13-25-17-6-1-2-7-21-17/h1-8,15H,9-13H2/t15-,19+/m1/s1. The minimum atomic E-state index is -0.175. The number of rotatable bonds is 4. The number of fused-ring (bicyclic) bond motifs is 1. The fraction of sp³-hybridized carbons (Fsp3) is 0.368. The topological polar surface area (TPSA) is 51.7 Å². The summed E-state index contributed by atoms with van der Waals surface area (Å²) in [7, 11) is 0. The Morgan fingerprint density at radius 1 is 1.36 bits per heavy atom. The van der Waals surface area contributed by atoms with E-state index in [2.05, 4.69) is 4.98 Å². The van der Waals surface area contributed by atoms with E-state index in [1.807, 2.05) is 23.1 Å². The molecule has 0 spiro atoms. The second-order valence-electron chi connectivity index (χ2n) is 6.73. The van der Waals surface area contributed by atoms with Crippen molar-refractivity contribution in [3.63, 3.8) is 0 Å². The zero-order valence-corrected chi connectivity index (χ0v) is 14.5. The lowest BCUT2D eigenvalue weighted by Crippen LogP contribution is -2.38. The fourth-order valence-electron chi connectivity index (χ4n) is 3.64. The van der Waals surface area contributed by atoms with Crippen LogP contribution in [-0.4, -0.2) is 48.7 Å². The van der Waals surface area contributed by atoms with Gasteiger partial charge in [0.25, 0.3) is 5.91 Å². The van der Waals surface area contributed by atoms with Crippen LogP contribution in [0.25, 0.3) is 0 Å². The molecule has 4 rings (SSSR count). The second kappa shape index (κ2) is 6.65. The number of hydrogen-bond donors (Lipinski definition) is 0. The summed E-state index contributed by atoms with van der Waals surface area (Å²) >= 11 is 6.02. The fourth-order valence-corrected chi connectivity index (χ4v) is 3.84. The molecule has 3 heterocycles. The summed E-state index contributed by atoms with van der Waals surface area (Å²) < 4.78 is 11.6. The highest BCUT2D eigenvalue weighted by Gasteiger charge is 2.52. The average Bonchev–Trinajstić information content (AvgIpc) is 3.17. The van der Waals surface area contributed by atoms with Gasteiger partial charge >= 0.3 is 0 Å². The van der Waals surface area contributed by atoms with Crippen LogP contribution < -0.4 is 4.74 Å². The molecule has 6 heteroatoms. The summed E-state index contributed by atoms with van der Waals surface area (Å²) in [4.78, 5) is 18.9. The van der Waals surface area contributed by atoms with Crippen molar-refractivity contribution in [2.45, 2.75) is 0 Å². The molecule has 0 unspecified atom stereocenters. The molecule has 2 fully saturated rings. The normalized spacial score (nSPS) is 25.0. The summed E-state index contributed by atoms with van der Waals surface area (Å²) in [6, 6.07) is 12.7. The number of ether oxygens (including phenoxy) is 2. The molecule has 0 aliphatic carbocycles. The Morgan fingerprint density at radius 2 is 2.28 bits per heavy atom. The van der Waals surface area contributed by atoms with Gasteiger partial charge in [0.05, 0.1) is 25.2 Å². The van der Waals surface area contributed by atoms with E-state index in [1.54, 1.807) is 30.5 Å². The van der Waals surface area contributed by atoms with E-state index in [0.29, 0.717) is 49.4 Å². The molecule has 130 valence electrons. The Labute approximate surface area is 151 Å². The molecule has 25 heavy (non-hydrogen) atoms. The van der Waals surface area contributed by atoms with Gasteiger partial charge in [-0.05, 0) is 24.3 Å². The molecule has 1 aromatic carbocycles. The van der Waals surface area contributed by atoms with Gasteiger partial charge in [-0.3, -0.25) is 4.79 Å². The van der Waals surface area contributed by atoms with Gasteiger partial charge in [-0.2, -0.15) is 0 Å². The van der Waals surface area contributed by atoms with Crippen LogP contribution in [0.5, 0.6) is 5.88 Å². The number of aromatic nitrogens is 1. The number of halogens is 1. The Morgan fingerprint density at radius 3 is 3.08 bits per heavy atom. The van der Waals surface area contributed by atoms with E-state index in [4.69, 9.17) is 21.1 Å². The predicted octanol–water partition coefficient (Wildman–Crippen LogP) is 2.90. The van der Waals surface area contributed by atoms with Gasteiger partial charge in [-0.15, -0.1) is 0 Å². The molecule has 0 bridgehead atoms. The zero-order chi connectivity index (χ0) is 17.3. The first-order valence-electron chi connectivity index (χ1n) is 8.33. The Hall–Kier alpha value is -2.11. The summed E-state index contributed by atoms with van der Waals surface area (Å²) in [6.07, 6.45) is 1.71. The monoisotopic (exact) mass is 358 g/mol. The average molecular weight is 359 g/mol. The smallest absolute Gasteiger partial charge is 0.253 e. The van der Waals surface area contributed by atoms with Crippen molar-refractivity contribution in [3.05, 3.63) is 59.2 Å². The summed E-state index contributed by atoms with van der Waals surface area (Å²) in [5.41, 5.74) is 0.445. The first-order valence-corrected chi connectivity index (χ1v) is 8.70. The van der Waals surface area contributed by atoms with Crippen molar-refractivity contribution in [2.24, 2.45) is 11.3 Å². The quantitative estimate of drug-likeness (QED) is 0.843. The highest BCUT2D eigenvalue weighted by molar-refractivity contribution is 6.30. The molecule has 0 saturated carbocycles. The highest BCUT2D eigenvalue weighted by Crippen LogP contribution is 2.42. The SMILES string of the molecule is O=C(c1cccc(Cl)c1)N1C[C@@H]2COC[C@]2(COc2ccccn2)C1. The first-order chi connectivity index (χ1) is 12.2. The van der Waals surface area contributed by atoms with Crippen molar-refractivity contribution in [2.75, 3.05) is 32.9 Å². The third-order valence-electron chi connectivity index (χ3n) is 5.03. The Kier molecular flexibility index (Phi) is 4.36. The van der Waals surface area contributed by atoms with Gasteiger partial charge < -0.3 is 14.4 Å². The maximum absolute atomic E-state index is 12.8. The van der Waals surface area contributed by atoms with Crippen molar-refractivity contribution in [3.8, 4) is 5.88 Å². The van der Waals surface area contributed by atoms with E-state index in [9.17, 15) is 4.79 Å². The molecule has 1 amide bonds. The van der Waals surface area contributed by atoms with Gasteiger partial charge in [0.1, 0.15) is 0 Å². The lowest BCUT2D eigenvalue weighted by molar-refractivity contribution is 0.0655. The molecular weight excluding hydrogens is 340 g/mol. The third kappa shape index (κ3) is 3.22. The maximum Gasteiger partial charge on any atom is 0.253 e. The minimum absolute atomic E-state index is 0.00844. The lowest BCUT2D eigenvalue weighted by atomic mass is 9.82. The van der Waals surface area contributed by atoms with Crippen LogP contribution in [0.1, 0.15) is 10.4 Å². The molecule has 2 aliphatic heterocycles. The maximum atomic E-state index is 12.8. The predicted molar refractivity (Wildman–Crippen MR) is 93.8 cm³/mol. The second-order valence-corrected chi connectivity index (χ2v) is 7.16. The summed E-state index contributed by atoms with van der Waals surface area (Å²) in [5.74, 6) is 0.885. The first kappa shape index (κ1) is 16.4. The van der Waals surface area contributed by atoms with E-state index >= 15 is 0 Å². The van der Waals surface area contributed by atoms with Crippen LogP contribution in [0.15, 0.2) is 48.7 Å². The van der Waals surface area contributed by atoms with Crippen molar-refractivity contribution in [1.29, 1.82) is 0 Å². The van der Waals surface area contributed by atoms with Crippen molar-refractivity contribution < 1.29 is 14.3 Å². The number of carbonyl (C=O) groups excluding carboxylic acids is 1. The van der Waals surface area contributed by atoms with E-state index in [1.165, 1.54) is 0 Å². The Balaban J connectivity index is 1.48. The van der Waals surface area contributed by atoms with Gasteiger partial charge in [0.15, 0.2) is 0 Å². The lowest BCUT2D eigenvalue weighted by Gasteiger charge is -2.26. The van der Waals surface area contributed by atoms with Crippen LogP contribution in [0.3, 0.4) is 0 Å². The number of hydrogen-bond acceptors (Lipinski definition) is 4.